The number of nitrogens with one attached hydrogen (secondary N) is 2. The molecule has 3 aromatic rings. The Morgan fingerprint density at radius 2 is 1.90 bits per heavy atom. The Bertz CT molecular complexity index is 1320. The van der Waals surface area contributed by atoms with Crippen molar-refractivity contribution in [3.8, 4) is 11.5 Å². The van der Waals surface area contributed by atoms with Crippen LogP contribution in [0, 0.1) is 0 Å². The smallest absolute Gasteiger partial charge is 0.255 e. The summed E-state index contributed by atoms with van der Waals surface area (Å²) in [6.45, 7) is 8.23. The molecule has 2 aromatic carbocycles. The summed E-state index contributed by atoms with van der Waals surface area (Å²) in [6.07, 6.45) is 4.43. The van der Waals surface area contributed by atoms with E-state index in [4.69, 9.17) is 9.47 Å². The number of carbonyl (C=O) groups is 2. The number of aromatic amines is 1. The number of carbonyl (C=O) groups excluding carboxylic acids is 2. The molecule has 3 heterocycles. The van der Waals surface area contributed by atoms with Crippen LogP contribution in [0.5, 0.6) is 11.5 Å². The van der Waals surface area contributed by atoms with Crippen molar-refractivity contribution in [2.45, 2.75) is 32.4 Å². The standard InChI is InChI=1S/C30H38N6O4/c1-4-34-13-15-35(16-14-34)26-8-5-7-23-24(26)20-36(30(23)38)25(21-10-11-27(39-2)28(17-21)40-3)9-6-12-31-29(37)22-18-32-33-19-22/h5,7-8,10-11,17-19,25H,4,6,9,12-16,20H2,1-3H3,(H,31,37)(H,32,33)/t25-/m1/s1. The summed E-state index contributed by atoms with van der Waals surface area (Å²) in [4.78, 5) is 33.1. The first kappa shape index (κ1) is 27.5. The Kier molecular flexibility index (Phi) is 8.54. The fourth-order valence-corrected chi connectivity index (χ4v) is 5.73. The van der Waals surface area contributed by atoms with Crippen LogP contribution in [0.1, 0.15) is 57.7 Å². The number of rotatable bonds is 11. The molecule has 2 aliphatic heterocycles. The largest absolute Gasteiger partial charge is 0.493 e. The van der Waals surface area contributed by atoms with E-state index in [0.717, 1.165) is 55.1 Å². The van der Waals surface area contributed by atoms with Gasteiger partial charge in [0, 0.05) is 62.3 Å². The van der Waals surface area contributed by atoms with Crippen LogP contribution in [0.4, 0.5) is 5.69 Å². The minimum atomic E-state index is -0.199. The molecular weight excluding hydrogens is 508 g/mol. The number of methoxy groups -OCH3 is 2. The topological polar surface area (TPSA) is 103 Å². The lowest BCUT2D eigenvalue weighted by Gasteiger charge is -2.36. The molecule has 1 fully saturated rings. The van der Waals surface area contributed by atoms with Gasteiger partial charge in [-0.05, 0) is 49.2 Å². The van der Waals surface area contributed by atoms with E-state index in [1.165, 1.54) is 6.20 Å². The number of hydrogen-bond acceptors (Lipinski definition) is 7. The number of likely N-dealkylation sites (N-methyl/N-ethyl adjacent to an activating group) is 1. The average Bonchev–Trinajstić information content (AvgIpc) is 3.66. The van der Waals surface area contributed by atoms with Crippen molar-refractivity contribution in [2.75, 3.05) is 58.4 Å². The third kappa shape index (κ3) is 5.62. The normalized spacial score (nSPS) is 16.1. The van der Waals surface area contributed by atoms with Gasteiger partial charge < -0.3 is 29.5 Å². The van der Waals surface area contributed by atoms with Crippen molar-refractivity contribution < 1.29 is 19.1 Å². The second kappa shape index (κ2) is 12.4. The van der Waals surface area contributed by atoms with E-state index >= 15 is 0 Å². The van der Waals surface area contributed by atoms with Crippen LogP contribution in [0.25, 0.3) is 0 Å². The van der Waals surface area contributed by atoms with Crippen LogP contribution in [-0.4, -0.2) is 85.3 Å². The lowest BCUT2D eigenvalue weighted by Crippen LogP contribution is -2.46. The number of nitrogens with zero attached hydrogens (tertiary/aromatic N) is 4. The van der Waals surface area contributed by atoms with Gasteiger partial charge >= 0.3 is 0 Å². The molecule has 1 atom stereocenters. The molecule has 0 saturated carbocycles. The van der Waals surface area contributed by atoms with Crippen molar-refractivity contribution in [1.29, 1.82) is 0 Å². The van der Waals surface area contributed by atoms with Crippen molar-refractivity contribution >= 4 is 17.5 Å². The van der Waals surface area contributed by atoms with E-state index in [9.17, 15) is 9.59 Å². The summed E-state index contributed by atoms with van der Waals surface area (Å²) in [5, 5.41) is 9.46. The number of hydrogen-bond donors (Lipinski definition) is 2. The van der Waals surface area contributed by atoms with Crippen LogP contribution in [0.2, 0.25) is 0 Å². The lowest BCUT2D eigenvalue weighted by atomic mass is 9.99. The number of benzene rings is 2. The monoisotopic (exact) mass is 546 g/mol. The number of amides is 2. The second-order valence-electron chi connectivity index (χ2n) is 10.2. The first-order valence-electron chi connectivity index (χ1n) is 13.9. The van der Waals surface area contributed by atoms with Gasteiger partial charge in [0.2, 0.25) is 0 Å². The highest BCUT2D eigenvalue weighted by molar-refractivity contribution is 6.00. The van der Waals surface area contributed by atoms with Gasteiger partial charge in [0.05, 0.1) is 32.0 Å². The maximum absolute atomic E-state index is 13.9. The summed E-state index contributed by atoms with van der Waals surface area (Å²) in [5.74, 6) is 1.12. The molecule has 0 aliphatic carbocycles. The number of aromatic nitrogens is 2. The third-order valence-electron chi connectivity index (χ3n) is 8.00. The summed E-state index contributed by atoms with van der Waals surface area (Å²) < 4.78 is 11.0. The zero-order valence-corrected chi connectivity index (χ0v) is 23.5. The maximum Gasteiger partial charge on any atom is 0.255 e. The van der Waals surface area contributed by atoms with E-state index in [-0.39, 0.29) is 17.9 Å². The molecule has 1 aromatic heterocycles. The molecule has 0 bridgehead atoms. The van der Waals surface area contributed by atoms with E-state index in [2.05, 4.69) is 38.3 Å². The van der Waals surface area contributed by atoms with E-state index in [1.54, 1.807) is 20.4 Å². The number of ether oxygens (including phenoxy) is 2. The molecule has 5 rings (SSSR count). The maximum atomic E-state index is 13.9. The van der Waals surface area contributed by atoms with Crippen LogP contribution in [0.15, 0.2) is 48.8 Å². The quantitative estimate of drug-likeness (QED) is 0.355. The molecule has 10 nitrogen and oxygen atoms in total. The second-order valence-corrected chi connectivity index (χ2v) is 10.2. The summed E-state index contributed by atoms with van der Waals surface area (Å²) in [7, 11) is 3.23. The summed E-state index contributed by atoms with van der Waals surface area (Å²) in [5.41, 5.74) is 4.49. The SMILES string of the molecule is CCN1CCN(c2cccc3c2CN([C@H](CCCNC(=O)c2cn[nH]c2)c2ccc(OC)c(OC)c2)C3=O)CC1. The summed E-state index contributed by atoms with van der Waals surface area (Å²) in [6, 6.07) is 11.7. The van der Waals surface area contributed by atoms with Gasteiger partial charge in [-0.1, -0.05) is 19.1 Å². The third-order valence-corrected chi connectivity index (χ3v) is 8.00. The van der Waals surface area contributed by atoms with Crippen molar-refractivity contribution in [1.82, 2.24) is 25.3 Å². The van der Waals surface area contributed by atoms with E-state index < -0.39 is 0 Å². The minimum Gasteiger partial charge on any atom is -0.493 e. The lowest BCUT2D eigenvalue weighted by molar-refractivity contribution is 0.0687. The Labute approximate surface area is 235 Å². The number of fused-ring (bicyclic) bond motifs is 1. The molecule has 2 aliphatic rings. The first-order valence-corrected chi connectivity index (χ1v) is 13.9. The Morgan fingerprint density at radius 3 is 2.60 bits per heavy atom. The molecule has 2 amide bonds. The molecule has 0 radical (unpaired) electrons. The number of anilines is 1. The van der Waals surface area contributed by atoms with Gasteiger partial charge in [-0.15, -0.1) is 0 Å². The Morgan fingerprint density at radius 1 is 1.10 bits per heavy atom. The van der Waals surface area contributed by atoms with Gasteiger partial charge in [0.1, 0.15) is 0 Å². The van der Waals surface area contributed by atoms with Crippen LogP contribution in [0.3, 0.4) is 0 Å². The zero-order valence-electron chi connectivity index (χ0n) is 23.5. The molecule has 0 unspecified atom stereocenters. The Hall–Kier alpha value is -4.05. The molecule has 10 heteroatoms. The summed E-state index contributed by atoms with van der Waals surface area (Å²) >= 11 is 0. The highest BCUT2D eigenvalue weighted by Gasteiger charge is 2.36. The van der Waals surface area contributed by atoms with Crippen molar-refractivity contribution in [3.63, 3.8) is 0 Å². The fraction of sp³-hybridized carbons (Fsp3) is 0.433. The predicted octanol–water partition coefficient (Wildman–Crippen LogP) is 3.48. The predicted molar refractivity (Wildman–Crippen MR) is 153 cm³/mol. The average molecular weight is 547 g/mol. The first-order chi connectivity index (χ1) is 19.5. The molecule has 212 valence electrons. The number of H-pyrrole nitrogens is 1. The minimum absolute atomic E-state index is 0.0336. The molecule has 40 heavy (non-hydrogen) atoms. The fourth-order valence-electron chi connectivity index (χ4n) is 5.73. The molecule has 2 N–H and O–H groups in total. The van der Waals surface area contributed by atoms with Crippen molar-refractivity contribution in [2.24, 2.45) is 0 Å². The zero-order chi connectivity index (χ0) is 28.1. The highest BCUT2D eigenvalue weighted by atomic mass is 16.5. The van der Waals surface area contributed by atoms with Gasteiger partial charge in [-0.2, -0.15) is 5.10 Å². The van der Waals surface area contributed by atoms with Crippen LogP contribution < -0.4 is 19.7 Å². The van der Waals surface area contributed by atoms with Crippen LogP contribution >= 0.6 is 0 Å². The van der Waals surface area contributed by atoms with Gasteiger partial charge in [-0.25, -0.2) is 0 Å². The van der Waals surface area contributed by atoms with E-state index in [1.807, 2.05) is 35.2 Å². The van der Waals surface area contributed by atoms with Gasteiger partial charge in [-0.3, -0.25) is 14.7 Å². The van der Waals surface area contributed by atoms with Crippen molar-refractivity contribution in [3.05, 3.63) is 71.0 Å². The van der Waals surface area contributed by atoms with E-state index in [0.29, 0.717) is 43.0 Å². The molecular formula is C30H38N6O4. The number of piperazine rings is 1. The highest BCUT2D eigenvalue weighted by Crippen LogP contribution is 2.40. The van der Waals surface area contributed by atoms with Crippen LogP contribution in [-0.2, 0) is 6.54 Å². The van der Waals surface area contributed by atoms with Gasteiger partial charge in [0.15, 0.2) is 11.5 Å². The Balaban J connectivity index is 1.37. The molecule has 0 spiro atoms. The molecule has 1 saturated heterocycles. The van der Waals surface area contributed by atoms with Gasteiger partial charge in [0.25, 0.3) is 11.8 Å².